The van der Waals surface area contributed by atoms with Gasteiger partial charge in [0.05, 0.1) is 11.7 Å². The summed E-state index contributed by atoms with van der Waals surface area (Å²) < 4.78 is 10.5. The van der Waals surface area contributed by atoms with Gasteiger partial charge in [-0.2, -0.15) is 0 Å². The fourth-order valence-corrected chi connectivity index (χ4v) is 3.29. The van der Waals surface area contributed by atoms with E-state index in [0.717, 1.165) is 50.1 Å². The van der Waals surface area contributed by atoms with Gasteiger partial charge < -0.3 is 24.8 Å². The number of alkyl carbamates (subject to hydrolysis) is 1. The van der Waals surface area contributed by atoms with Gasteiger partial charge >= 0.3 is 6.09 Å². The SMILES string of the molecule is CN=C(NCC(NC(=O)OC(C)(C)C)C(C)C)N1CCN(Cc2cc(C)on2)CC1.I. The molecule has 1 amide bonds. The van der Waals surface area contributed by atoms with Crippen LogP contribution in [0.1, 0.15) is 46.1 Å². The predicted octanol–water partition coefficient (Wildman–Crippen LogP) is 2.84. The maximum atomic E-state index is 12.2. The van der Waals surface area contributed by atoms with Crippen molar-refractivity contribution >= 4 is 36.0 Å². The Hall–Kier alpha value is -1.56. The largest absolute Gasteiger partial charge is 0.444 e. The lowest BCUT2D eigenvalue weighted by atomic mass is 10.0. The summed E-state index contributed by atoms with van der Waals surface area (Å²) in [6.45, 7) is 16.6. The first-order valence-electron chi connectivity index (χ1n) is 10.7. The fourth-order valence-electron chi connectivity index (χ4n) is 3.29. The zero-order valence-electron chi connectivity index (χ0n) is 19.9. The third kappa shape index (κ3) is 9.63. The first-order chi connectivity index (χ1) is 14.1. The van der Waals surface area contributed by atoms with Crippen LogP contribution in [-0.2, 0) is 11.3 Å². The van der Waals surface area contributed by atoms with Gasteiger partial charge in [-0.05, 0) is 33.6 Å². The number of hydrogen-bond acceptors (Lipinski definition) is 6. The lowest BCUT2D eigenvalue weighted by molar-refractivity contribution is 0.0491. The van der Waals surface area contributed by atoms with Crippen LogP contribution in [0.5, 0.6) is 0 Å². The van der Waals surface area contributed by atoms with E-state index in [-0.39, 0.29) is 35.9 Å². The molecule has 1 aromatic heterocycles. The first kappa shape index (κ1) is 27.5. The van der Waals surface area contributed by atoms with E-state index in [1.54, 1.807) is 7.05 Å². The Morgan fingerprint density at radius 2 is 1.94 bits per heavy atom. The molecule has 0 aliphatic carbocycles. The van der Waals surface area contributed by atoms with E-state index < -0.39 is 11.7 Å². The van der Waals surface area contributed by atoms with Gasteiger partial charge in [-0.15, -0.1) is 24.0 Å². The molecule has 0 aromatic carbocycles. The second-order valence-electron chi connectivity index (χ2n) is 9.12. The van der Waals surface area contributed by atoms with E-state index in [2.05, 4.69) is 44.4 Å². The fraction of sp³-hybridized carbons (Fsp3) is 0.762. The Kier molecular flexibility index (Phi) is 11.1. The van der Waals surface area contributed by atoms with Crippen molar-refractivity contribution in [3.63, 3.8) is 0 Å². The van der Waals surface area contributed by atoms with Crippen molar-refractivity contribution in [1.29, 1.82) is 0 Å². The van der Waals surface area contributed by atoms with Gasteiger partial charge in [0.2, 0.25) is 0 Å². The standard InChI is InChI=1S/C21H38N6O3.HI/c1-15(2)18(24-20(28)29-21(4,5)6)13-23-19(22-7)27-10-8-26(9-11-27)14-17-12-16(3)30-25-17;/h12,15,18H,8-11,13-14H2,1-7H3,(H,22,23)(H,24,28);1H. The normalized spacial score (nSPS) is 16.6. The summed E-state index contributed by atoms with van der Waals surface area (Å²) in [5, 5.41) is 10.5. The topological polar surface area (TPSA) is 95.2 Å². The third-order valence-corrected chi connectivity index (χ3v) is 4.93. The summed E-state index contributed by atoms with van der Waals surface area (Å²) in [7, 11) is 1.79. The van der Waals surface area contributed by atoms with Crippen LogP contribution in [0.4, 0.5) is 4.79 Å². The van der Waals surface area contributed by atoms with Crippen LogP contribution >= 0.6 is 24.0 Å². The Morgan fingerprint density at radius 3 is 2.42 bits per heavy atom. The number of carbonyl (C=O) groups is 1. The van der Waals surface area contributed by atoms with Crippen LogP contribution in [0.25, 0.3) is 0 Å². The number of rotatable bonds is 6. The van der Waals surface area contributed by atoms with E-state index in [4.69, 9.17) is 9.26 Å². The molecule has 1 unspecified atom stereocenters. The molecule has 10 heteroatoms. The van der Waals surface area contributed by atoms with Gasteiger partial charge in [0.15, 0.2) is 5.96 Å². The van der Waals surface area contributed by atoms with Gasteiger partial charge in [0.25, 0.3) is 0 Å². The van der Waals surface area contributed by atoms with Gasteiger partial charge in [0.1, 0.15) is 11.4 Å². The van der Waals surface area contributed by atoms with Gasteiger partial charge in [-0.3, -0.25) is 9.89 Å². The van der Waals surface area contributed by atoms with E-state index in [0.29, 0.717) is 6.54 Å². The van der Waals surface area contributed by atoms with Crippen LogP contribution in [0, 0.1) is 12.8 Å². The summed E-state index contributed by atoms with van der Waals surface area (Å²) in [5.74, 6) is 1.95. The van der Waals surface area contributed by atoms with Crippen molar-refractivity contribution in [3.8, 4) is 0 Å². The number of halogens is 1. The molecule has 1 fully saturated rings. The monoisotopic (exact) mass is 550 g/mol. The van der Waals surface area contributed by atoms with E-state index in [9.17, 15) is 4.79 Å². The molecule has 1 atom stereocenters. The molecule has 0 bridgehead atoms. The minimum atomic E-state index is -0.514. The Bertz CT molecular complexity index is 708. The second-order valence-corrected chi connectivity index (χ2v) is 9.12. The highest BCUT2D eigenvalue weighted by atomic mass is 127. The molecule has 31 heavy (non-hydrogen) atoms. The number of guanidine groups is 1. The average molecular weight is 550 g/mol. The lowest BCUT2D eigenvalue weighted by Gasteiger charge is -2.36. The number of aromatic nitrogens is 1. The number of ether oxygens (including phenoxy) is 1. The number of aryl methyl sites for hydroxylation is 1. The molecule has 9 nitrogen and oxygen atoms in total. The molecule has 1 aliphatic heterocycles. The maximum Gasteiger partial charge on any atom is 0.407 e. The van der Waals surface area contributed by atoms with E-state index in [1.165, 1.54) is 0 Å². The van der Waals surface area contributed by atoms with Crippen LogP contribution in [0.15, 0.2) is 15.6 Å². The Labute approximate surface area is 203 Å². The van der Waals surface area contributed by atoms with E-state index >= 15 is 0 Å². The highest BCUT2D eigenvalue weighted by Gasteiger charge is 2.24. The van der Waals surface area contributed by atoms with Gasteiger partial charge in [-0.25, -0.2) is 4.79 Å². The number of hydrogen-bond donors (Lipinski definition) is 2. The molecule has 2 heterocycles. The minimum absolute atomic E-state index is 0. The molecule has 1 aromatic rings. The van der Waals surface area contributed by atoms with Crippen LogP contribution in [0.2, 0.25) is 0 Å². The number of carbonyl (C=O) groups excluding carboxylic acids is 1. The molecular weight excluding hydrogens is 511 g/mol. The van der Waals surface area contributed by atoms with Crippen molar-refractivity contribution in [3.05, 3.63) is 17.5 Å². The van der Waals surface area contributed by atoms with Crippen molar-refractivity contribution in [2.45, 2.75) is 59.7 Å². The molecule has 178 valence electrons. The molecule has 1 saturated heterocycles. The van der Waals surface area contributed by atoms with Gasteiger partial charge in [-0.1, -0.05) is 19.0 Å². The summed E-state index contributed by atoms with van der Waals surface area (Å²) in [5.41, 5.74) is 0.454. The van der Waals surface area contributed by atoms with E-state index in [1.807, 2.05) is 33.8 Å². The summed E-state index contributed by atoms with van der Waals surface area (Å²) in [6, 6.07) is 1.92. The first-order valence-corrected chi connectivity index (χ1v) is 10.7. The van der Waals surface area contributed by atoms with Gasteiger partial charge in [0, 0.05) is 52.4 Å². The zero-order chi connectivity index (χ0) is 22.3. The number of piperazine rings is 1. The highest BCUT2D eigenvalue weighted by Crippen LogP contribution is 2.10. The molecule has 2 N–H and O–H groups in total. The zero-order valence-corrected chi connectivity index (χ0v) is 22.2. The Balaban J connectivity index is 0.00000480. The van der Waals surface area contributed by atoms with Crippen molar-refractivity contribution in [2.24, 2.45) is 10.9 Å². The third-order valence-electron chi connectivity index (χ3n) is 4.93. The van der Waals surface area contributed by atoms with Crippen molar-refractivity contribution in [2.75, 3.05) is 39.8 Å². The minimum Gasteiger partial charge on any atom is -0.444 e. The van der Waals surface area contributed by atoms with Crippen molar-refractivity contribution < 1.29 is 14.1 Å². The summed E-state index contributed by atoms with van der Waals surface area (Å²) in [4.78, 5) is 21.2. The van der Waals surface area contributed by atoms with Crippen LogP contribution in [0.3, 0.4) is 0 Å². The second kappa shape index (κ2) is 12.5. The van der Waals surface area contributed by atoms with Crippen molar-refractivity contribution in [1.82, 2.24) is 25.6 Å². The van der Waals surface area contributed by atoms with Crippen LogP contribution < -0.4 is 10.6 Å². The summed E-state index contributed by atoms with van der Waals surface area (Å²) in [6.07, 6.45) is -0.394. The van der Waals surface area contributed by atoms with Crippen LogP contribution in [-0.4, -0.2) is 78.4 Å². The molecule has 2 rings (SSSR count). The summed E-state index contributed by atoms with van der Waals surface area (Å²) >= 11 is 0. The molecule has 1 aliphatic rings. The molecule has 0 radical (unpaired) electrons. The lowest BCUT2D eigenvalue weighted by Crippen LogP contribution is -2.55. The molecule has 0 saturated carbocycles. The number of nitrogens with one attached hydrogen (secondary N) is 2. The smallest absolute Gasteiger partial charge is 0.407 e. The number of amides is 1. The number of aliphatic imine (C=N–C) groups is 1. The predicted molar refractivity (Wildman–Crippen MR) is 133 cm³/mol. The Morgan fingerprint density at radius 1 is 1.29 bits per heavy atom. The molecule has 0 spiro atoms. The average Bonchev–Trinajstić information content (AvgIpc) is 3.05. The highest BCUT2D eigenvalue weighted by molar-refractivity contribution is 14.0. The number of nitrogens with zero attached hydrogens (tertiary/aromatic N) is 4. The quantitative estimate of drug-likeness (QED) is 0.320. The maximum absolute atomic E-state index is 12.2. The molecular formula is C21H39IN6O3.